The second-order valence-electron chi connectivity index (χ2n) is 10.4. The zero-order valence-corrected chi connectivity index (χ0v) is 25.6. The lowest BCUT2D eigenvalue weighted by Crippen LogP contribution is -2.69. The standard InChI is InChI=1S/C31H31N3O14/c1-19(35)45-25-26(34-16-14-23(37)32-27(34)40)47-30(15-13-24(38)39,33-28(41)43-17-21-9-5-3-6-10-21)31(25,46-20(2)36)48-29(42)44-18-22-11-7-4-8-12-22/h3-12,14,16,25-26H,13,15,17-18H2,1-2H3,(H,33,41)(H,38,39)(H,32,37,40)/t25-,26-,30+,31-/m1/s1. The molecule has 48 heavy (non-hydrogen) atoms. The largest absolute Gasteiger partial charge is 0.512 e. The van der Waals surface area contributed by atoms with Gasteiger partial charge in [-0.2, -0.15) is 0 Å². The van der Waals surface area contributed by atoms with Crippen LogP contribution in [0.4, 0.5) is 9.59 Å². The van der Waals surface area contributed by atoms with E-state index in [1.165, 1.54) is 0 Å². The van der Waals surface area contributed by atoms with E-state index >= 15 is 0 Å². The number of nitrogens with zero attached hydrogens (tertiary/aromatic N) is 1. The van der Waals surface area contributed by atoms with Crippen LogP contribution in [0, 0.1) is 0 Å². The Morgan fingerprint density at radius 1 is 0.875 bits per heavy atom. The number of ether oxygens (including phenoxy) is 6. The van der Waals surface area contributed by atoms with Crippen molar-refractivity contribution in [1.82, 2.24) is 14.9 Å². The van der Waals surface area contributed by atoms with Crippen LogP contribution in [-0.2, 0) is 56.0 Å². The summed E-state index contributed by atoms with van der Waals surface area (Å²) in [5.41, 5.74) is -3.66. The Labute approximate surface area is 271 Å². The number of carbonyl (C=O) groups excluding carboxylic acids is 4. The number of aliphatic carboxylic acids is 1. The number of aromatic amines is 1. The summed E-state index contributed by atoms with van der Waals surface area (Å²) in [6.07, 6.45) is -7.68. The number of benzene rings is 2. The lowest BCUT2D eigenvalue weighted by Gasteiger charge is -2.42. The molecule has 0 unspecified atom stereocenters. The monoisotopic (exact) mass is 669 g/mol. The summed E-state index contributed by atoms with van der Waals surface area (Å²) in [6.45, 7) is 1.13. The molecule has 0 radical (unpaired) electrons. The van der Waals surface area contributed by atoms with E-state index in [1.54, 1.807) is 60.7 Å². The molecule has 4 atom stereocenters. The number of hydrogen-bond donors (Lipinski definition) is 3. The van der Waals surface area contributed by atoms with Crippen LogP contribution >= 0.6 is 0 Å². The van der Waals surface area contributed by atoms with Gasteiger partial charge in [-0.3, -0.25) is 34.0 Å². The molecule has 4 rings (SSSR count). The highest BCUT2D eigenvalue weighted by molar-refractivity contribution is 5.72. The molecule has 3 N–H and O–H groups in total. The van der Waals surface area contributed by atoms with Gasteiger partial charge in [-0.25, -0.2) is 14.4 Å². The Morgan fingerprint density at radius 2 is 1.48 bits per heavy atom. The minimum absolute atomic E-state index is 0.307. The summed E-state index contributed by atoms with van der Waals surface area (Å²) >= 11 is 0. The lowest BCUT2D eigenvalue weighted by molar-refractivity contribution is -0.293. The first-order chi connectivity index (χ1) is 22.8. The number of esters is 2. The van der Waals surface area contributed by atoms with Gasteiger partial charge in [0.2, 0.25) is 11.8 Å². The topological polar surface area (TPSA) is 228 Å². The molecule has 1 saturated heterocycles. The molecule has 1 fully saturated rings. The van der Waals surface area contributed by atoms with Crippen LogP contribution in [-0.4, -0.2) is 62.4 Å². The molecule has 2 heterocycles. The van der Waals surface area contributed by atoms with Gasteiger partial charge in [-0.1, -0.05) is 60.7 Å². The zero-order valence-electron chi connectivity index (χ0n) is 25.6. The van der Waals surface area contributed by atoms with E-state index in [4.69, 9.17) is 28.4 Å². The second-order valence-corrected chi connectivity index (χ2v) is 10.4. The van der Waals surface area contributed by atoms with Gasteiger partial charge in [0.1, 0.15) is 13.2 Å². The molecule has 0 spiro atoms. The average Bonchev–Trinajstić information content (AvgIpc) is 3.26. The van der Waals surface area contributed by atoms with E-state index < -0.39 is 78.1 Å². The molecule has 1 aliphatic rings. The third-order valence-corrected chi connectivity index (χ3v) is 6.87. The van der Waals surface area contributed by atoms with Crippen molar-refractivity contribution in [3.63, 3.8) is 0 Å². The fraction of sp³-hybridized carbons (Fsp3) is 0.323. The van der Waals surface area contributed by atoms with Gasteiger partial charge in [0.15, 0.2) is 6.23 Å². The number of carboxylic acids is 1. The maximum absolute atomic E-state index is 13.4. The van der Waals surface area contributed by atoms with Gasteiger partial charge in [-0.15, -0.1) is 0 Å². The average molecular weight is 670 g/mol. The number of hydrogen-bond acceptors (Lipinski definition) is 13. The predicted octanol–water partition coefficient (Wildman–Crippen LogP) is 2.10. The van der Waals surface area contributed by atoms with E-state index in [9.17, 15) is 38.7 Å². The number of carboxylic acid groups (broad SMARTS) is 1. The van der Waals surface area contributed by atoms with Crippen LogP contribution in [0.5, 0.6) is 0 Å². The smallest absolute Gasteiger partial charge is 0.481 e. The molecule has 0 aliphatic carbocycles. The highest BCUT2D eigenvalue weighted by atomic mass is 16.8. The van der Waals surface area contributed by atoms with E-state index in [0.717, 1.165) is 26.1 Å². The summed E-state index contributed by atoms with van der Waals surface area (Å²) in [6, 6.07) is 17.6. The number of amides is 1. The van der Waals surface area contributed by atoms with Gasteiger partial charge >= 0.3 is 41.6 Å². The van der Waals surface area contributed by atoms with Gasteiger partial charge in [0, 0.05) is 32.5 Å². The first-order valence-corrected chi connectivity index (χ1v) is 14.3. The maximum Gasteiger partial charge on any atom is 0.512 e. The molecule has 17 heteroatoms. The number of carbonyl (C=O) groups is 5. The Bertz CT molecular complexity index is 1760. The maximum atomic E-state index is 13.4. The first kappa shape index (κ1) is 34.9. The molecule has 17 nitrogen and oxygen atoms in total. The molecule has 1 aliphatic heterocycles. The van der Waals surface area contributed by atoms with Crippen LogP contribution in [0.1, 0.15) is 44.0 Å². The molecule has 254 valence electrons. The molecule has 2 aromatic carbocycles. The number of rotatable bonds is 12. The predicted molar refractivity (Wildman–Crippen MR) is 159 cm³/mol. The molecule has 3 aromatic rings. The van der Waals surface area contributed by atoms with E-state index in [-0.39, 0.29) is 13.2 Å². The summed E-state index contributed by atoms with van der Waals surface area (Å²) in [7, 11) is 0. The van der Waals surface area contributed by atoms with Gasteiger partial charge in [0.25, 0.3) is 5.56 Å². The fourth-order valence-electron chi connectivity index (χ4n) is 4.92. The van der Waals surface area contributed by atoms with Crippen LogP contribution in [0.25, 0.3) is 0 Å². The third-order valence-electron chi connectivity index (χ3n) is 6.87. The molecule has 0 bridgehead atoms. The number of H-pyrrole nitrogens is 1. The first-order valence-electron chi connectivity index (χ1n) is 14.3. The van der Waals surface area contributed by atoms with Crippen LogP contribution < -0.4 is 16.6 Å². The Hall–Kier alpha value is -5.97. The minimum atomic E-state index is -3.08. The van der Waals surface area contributed by atoms with Crippen molar-refractivity contribution in [2.45, 2.75) is 63.7 Å². The third kappa shape index (κ3) is 8.24. The van der Waals surface area contributed by atoms with E-state index in [2.05, 4.69) is 5.32 Å². The van der Waals surface area contributed by atoms with Crippen molar-refractivity contribution in [3.05, 3.63) is 105 Å². The molecule has 1 amide bonds. The summed E-state index contributed by atoms with van der Waals surface area (Å²) in [5, 5.41) is 12.0. The van der Waals surface area contributed by atoms with Crippen molar-refractivity contribution >= 4 is 30.2 Å². The highest BCUT2D eigenvalue weighted by Crippen LogP contribution is 2.50. The van der Waals surface area contributed by atoms with Crippen molar-refractivity contribution in [2.24, 2.45) is 0 Å². The van der Waals surface area contributed by atoms with Crippen molar-refractivity contribution < 1.29 is 57.5 Å². The number of alkyl carbamates (subject to hydrolysis) is 1. The Kier molecular flexibility index (Phi) is 11.0. The minimum Gasteiger partial charge on any atom is -0.481 e. The van der Waals surface area contributed by atoms with Crippen molar-refractivity contribution in [1.29, 1.82) is 0 Å². The SMILES string of the molecule is CC(=O)O[C@@H]1[C@H](n2ccc(=O)[nH]c2=O)O[C@](CCC(=O)O)(NC(=O)OCc2ccccc2)[C@]1(OC(C)=O)OC(=O)OCc1ccccc1. The fourth-order valence-corrected chi connectivity index (χ4v) is 4.92. The van der Waals surface area contributed by atoms with Crippen LogP contribution in [0.15, 0.2) is 82.5 Å². The van der Waals surface area contributed by atoms with Crippen LogP contribution in [0.3, 0.4) is 0 Å². The van der Waals surface area contributed by atoms with E-state index in [0.29, 0.717) is 15.7 Å². The molecule has 0 saturated carbocycles. The number of aromatic nitrogens is 2. The number of nitrogens with one attached hydrogen (secondary N) is 2. The summed E-state index contributed by atoms with van der Waals surface area (Å²) in [5.74, 6) is -6.81. The molecule has 1 aromatic heterocycles. The Morgan fingerprint density at radius 3 is 2.02 bits per heavy atom. The quantitative estimate of drug-likeness (QED) is 0.143. The van der Waals surface area contributed by atoms with E-state index in [1.807, 2.05) is 4.98 Å². The second kappa shape index (κ2) is 15.1. The van der Waals surface area contributed by atoms with Gasteiger partial charge < -0.3 is 33.5 Å². The molecular weight excluding hydrogens is 638 g/mol. The van der Waals surface area contributed by atoms with Crippen LogP contribution in [0.2, 0.25) is 0 Å². The zero-order chi connectivity index (χ0) is 34.9. The van der Waals surface area contributed by atoms with Gasteiger partial charge in [-0.05, 0) is 11.1 Å². The van der Waals surface area contributed by atoms with Gasteiger partial charge in [0.05, 0.1) is 6.42 Å². The highest BCUT2D eigenvalue weighted by Gasteiger charge is 2.75. The molecular formula is C31H31N3O14. The summed E-state index contributed by atoms with van der Waals surface area (Å²) < 4.78 is 34.0. The normalized spacial score (nSPS) is 21.4. The lowest BCUT2D eigenvalue weighted by atomic mass is 9.93. The summed E-state index contributed by atoms with van der Waals surface area (Å²) in [4.78, 5) is 90.7. The van der Waals surface area contributed by atoms with Crippen molar-refractivity contribution in [3.8, 4) is 0 Å². The Balaban J connectivity index is 1.88. The van der Waals surface area contributed by atoms with Crippen molar-refractivity contribution in [2.75, 3.05) is 0 Å².